The van der Waals surface area contributed by atoms with Crippen LogP contribution in [0.1, 0.15) is 102 Å². The van der Waals surface area contributed by atoms with Crippen LogP contribution in [0.2, 0.25) is 0 Å². The zero-order valence-corrected chi connectivity index (χ0v) is 18.0. The Bertz CT molecular complexity index is 550. The van der Waals surface area contributed by atoms with E-state index < -0.39 is 11.9 Å². The zero-order chi connectivity index (χ0) is 20.5. The fourth-order valence-corrected chi connectivity index (χ4v) is 3.61. The second-order valence-electron chi connectivity index (χ2n) is 7.65. The summed E-state index contributed by atoms with van der Waals surface area (Å²) >= 11 is 0. The molecule has 28 heavy (non-hydrogen) atoms. The molecule has 0 aliphatic rings. The zero-order valence-electron chi connectivity index (χ0n) is 18.0. The third-order valence-electron chi connectivity index (χ3n) is 5.32. The van der Waals surface area contributed by atoms with Gasteiger partial charge in [0.2, 0.25) is 0 Å². The Morgan fingerprint density at radius 1 is 0.929 bits per heavy atom. The van der Waals surface area contributed by atoms with Crippen LogP contribution in [0.5, 0.6) is 5.75 Å². The van der Waals surface area contributed by atoms with Gasteiger partial charge in [0.15, 0.2) is 0 Å². The minimum Gasteiger partial charge on any atom is -0.496 e. The molecular weight excluding hydrogens is 348 g/mol. The van der Waals surface area contributed by atoms with Crippen molar-refractivity contribution in [3.05, 3.63) is 42.0 Å². The van der Waals surface area contributed by atoms with Crippen LogP contribution in [0.15, 0.2) is 36.4 Å². The molecule has 0 aromatic heterocycles. The number of rotatable bonds is 17. The number of benzene rings is 1. The minimum atomic E-state index is -0.762. The lowest BCUT2D eigenvalue weighted by molar-refractivity contribution is -0.139. The fraction of sp³-hybridized carbons (Fsp3) is 0.640. The van der Waals surface area contributed by atoms with Gasteiger partial charge in [-0.05, 0) is 38.2 Å². The molecule has 158 valence electrons. The molecule has 1 aromatic rings. The van der Waals surface area contributed by atoms with Gasteiger partial charge in [0, 0.05) is 5.56 Å². The Morgan fingerprint density at radius 3 is 2.11 bits per heavy atom. The van der Waals surface area contributed by atoms with Gasteiger partial charge in [-0.1, -0.05) is 88.6 Å². The topological polar surface area (TPSA) is 46.5 Å². The van der Waals surface area contributed by atoms with E-state index in [0.29, 0.717) is 12.2 Å². The predicted molar refractivity (Wildman–Crippen MR) is 118 cm³/mol. The fourth-order valence-electron chi connectivity index (χ4n) is 3.61. The van der Waals surface area contributed by atoms with Gasteiger partial charge in [-0.2, -0.15) is 0 Å². The number of hydrogen-bond donors (Lipinski definition) is 1. The van der Waals surface area contributed by atoms with Crippen molar-refractivity contribution in [2.45, 2.75) is 96.3 Å². The summed E-state index contributed by atoms with van der Waals surface area (Å²) in [4.78, 5) is 11.7. The Labute approximate surface area is 172 Å². The third kappa shape index (κ3) is 10.5. The lowest BCUT2D eigenvalue weighted by Crippen LogP contribution is -2.12. The van der Waals surface area contributed by atoms with E-state index in [1.165, 1.54) is 57.8 Å². The summed E-state index contributed by atoms with van der Waals surface area (Å²) < 4.78 is 5.33. The summed E-state index contributed by atoms with van der Waals surface area (Å²) in [7, 11) is 1.59. The van der Waals surface area contributed by atoms with Gasteiger partial charge in [0.05, 0.1) is 13.0 Å². The van der Waals surface area contributed by atoms with Gasteiger partial charge in [0.1, 0.15) is 5.75 Å². The Morgan fingerprint density at radius 2 is 1.50 bits per heavy atom. The quantitative estimate of drug-likeness (QED) is 0.222. The van der Waals surface area contributed by atoms with Crippen LogP contribution >= 0.6 is 0 Å². The molecular formula is C25H40O3. The molecule has 1 aromatic carbocycles. The highest BCUT2D eigenvalue weighted by molar-refractivity contribution is 5.77. The number of allylic oxidation sites excluding steroid dienone is 2. The van der Waals surface area contributed by atoms with Crippen LogP contribution < -0.4 is 4.74 Å². The van der Waals surface area contributed by atoms with E-state index in [1.807, 2.05) is 24.3 Å². The first-order valence-corrected chi connectivity index (χ1v) is 11.2. The number of carbonyl (C=O) groups is 1. The van der Waals surface area contributed by atoms with Crippen molar-refractivity contribution in [1.29, 1.82) is 0 Å². The molecule has 0 fully saturated rings. The van der Waals surface area contributed by atoms with E-state index in [0.717, 1.165) is 24.8 Å². The molecule has 0 saturated carbocycles. The summed E-state index contributed by atoms with van der Waals surface area (Å²) in [5, 5.41) is 9.59. The van der Waals surface area contributed by atoms with Crippen molar-refractivity contribution in [2.75, 3.05) is 7.11 Å². The number of carboxylic acid groups (broad SMARTS) is 1. The van der Waals surface area contributed by atoms with E-state index in [1.54, 1.807) is 7.11 Å². The highest BCUT2D eigenvalue weighted by atomic mass is 16.5. The Balaban J connectivity index is 2.12. The van der Waals surface area contributed by atoms with Gasteiger partial charge in [-0.3, -0.25) is 4.79 Å². The largest absolute Gasteiger partial charge is 0.496 e. The lowest BCUT2D eigenvalue weighted by Gasteiger charge is -2.16. The molecule has 0 radical (unpaired) electrons. The average molecular weight is 389 g/mol. The minimum absolute atomic E-state index is 0.478. The van der Waals surface area contributed by atoms with Crippen molar-refractivity contribution >= 4 is 5.97 Å². The van der Waals surface area contributed by atoms with Crippen LogP contribution in [0.25, 0.3) is 0 Å². The van der Waals surface area contributed by atoms with Crippen LogP contribution in [-0.2, 0) is 4.79 Å². The lowest BCUT2D eigenvalue weighted by atomic mass is 9.92. The molecule has 1 unspecified atom stereocenters. The number of carboxylic acids is 1. The standard InChI is InChI=1S/C25H40O3/c1-3-4-5-6-7-8-9-10-11-12-13-14-15-16-20-23(25(26)27)22-19-17-18-21-24(22)28-2/h10-11,17-19,21,23H,3-9,12-16,20H2,1-2H3,(H,26,27)/b11-10-. The van der Waals surface area contributed by atoms with Crippen LogP contribution in [0.3, 0.4) is 0 Å². The van der Waals surface area contributed by atoms with Crippen LogP contribution in [0.4, 0.5) is 0 Å². The summed E-state index contributed by atoms with van der Waals surface area (Å²) in [6.45, 7) is 2.26. The van der Waals surface area contributed by atoms with Crippen molar-refractivity contribution in [3.63, 3.8) is 0 Å². The maximum absolute atomic E-state index is 11.7. The first-order chi connectivity index (χ1) is 13.7. The first kappa shape index (κ1) is 24.3. The second kappa shape index (κ2) is 16.2. The van der Waals surface area contributed by atoms with Crippen molar-refractivity contribution in [3.8, 4) is 5.75 Å². The van der Waals surface area contributed by atoms with Gasteiger partial charge in [0.25, 0.3) is 0 Å². The molecule has 0 aliphatic carbocycles. The molecule has 0 amide bonds. The summed E-state index contributed by atoms with van der Waals surface area (Å²) in [5.74, 6) is -0.569. The van der Waals surface area contributed by atoms with Crippen LogP contribution in [0, 0.1) is 0 Å². The van der Waals surface area contributed by atoms with Crippen molar-refractivity contribution in [1.82, 2.24) is 0 Å². The SMILES string of the molecule is CCCCCCCC/C=C\CCCCCCC(C(=O)O)c1ccccc1OC. The second-order valence-corrected chi connectivity index (χ2v) is 7.65. The molecule has 3 nitrogen and oxygen atoms in total. The van der Waals surface area contributed by atoms with Gasteiger partial charge < -0.3 is 9.84 Å². The van der Waals surface area contributed by atoms with E-state index in [4.69, 9.17) is 4.74 Å². The molecule has 0 spiro atoms. The van der Waals surface area contributed by atoms with E-state index in [9.17, 15) is 9.90 Å². The first-order valence-electron chi connectivity index (χ1n) is 11.2. The highest BCUT2D eigenvalue weighted by Crippen LogP contribution is 2.30. The number of unbranched alkanes of at least 4 members (excludes halogenated alkanes) is 10. The smallest absolute Gasteiger partial charge is 0.311 e. The third-order valence-corrected chi connectivity index (χ3v) is 5.32. The average Bonchev–Trinajstić information content (AvgIpc) is 2.70. The number of ether oxygens (including phenoxy) is 1. The molecule has 0 bridgehead atoms. The summed E-state index contributed by atoms with van der Waals surface area (Å²) in [6.07, 6.45) is 20.2. The number of methoxy groups -OCH3 is 1. The van der Waals surface area contributed by atoms with E-state index >= 15 is 0 Å². The van der Waals surface area contributed by atoms with Crippen molar-refractivity contribution < 1.29 is 14.6 Å². The number of aliphatic carboxylic acids is 1. The molecule has 3 heteroatoms. The Hall–Kier alpha value is -1.77. The van der Waals surface area contributed by atoms with E-state index in [-0.39, 0.29) is 0 Å². The summed E-state index contributed by atoms with van der Waals surface area (Å²) in [6, 6.07) is 7.46. The molecule has 0 aliphatic heterocycles. The number of para-hydroxylation sites is 1. The summed E-state index contributed by atoms with van der Waals surface area (Å²) in [5.41, 5.74) is 0.787. The Kier molecular flexibility index (Phi) is 14.0. The molecule has 0 saturated heterocycles. The predicted octanol–water partition coefficient (Wildman–Crippen LogP) is 7.51. The molecule has 1 atom stereocenters. The number of hydrogen-bond acceptors (Lipinski definition) is 2. The molecule has 1 rings (SSSR count). The van der Waals surface area contributed by atoms with E-state index in [2.05, 4.69) is 19.1 Å². The molecule has 1 N–H and O–H groups in total. The van der Waals surface area contributed by atoms with Gasteiger partial charge >= 0.3 is 5.97 Å². The van der Waals surface area contributed by atoms with Crippen molar-refractivity contribution in [2.24, 2.45) is 0 Å². The maximum Gasteiger partial charge on any atom is 0.311 e. The normalized spacial score (nSPS) is 12.4. The van der Waals surface area contributed by atoms with Gasteiger partial charge in [-0.15, -0.1) is 0 Å². The molecule has 0 heterocycles. The maximum atomic E-state index is 11.7. The van der Waals surface area contributed by atoms with Gasteiger partial charge in [-0.25, -0.2) is 0 Å². The highest BCUT2D eigenvalue weighted by Gasteiger charge is 2.22. The van der Waals surface area contributed by atoms with Crippen LogP contribution in [-0.4, -0.2) is 18.2 Å². The monoisotopic (exact) mass is 388 g/mol.